The number of halogens is 10. The van der Waals surface area contributed by atoms with Gasteiger partial charge in [0.25, 0.3) is 11.4 Å². The van der Waals surface area contributed by atoms with Gasteiger partial charge in [0.1, 0.15) is 0 Å². The number of nitriles is 2. The Balaban J connectivity index is 1.89. The summed E-state index contributed by atoms with van der Waals surface area (Å²) < 4.78 is 206. The molecule has 0 spiro atoms. The van der Waals surface area contributed by atoms with Gasteiger partial charge in [-0.25, -0.2) is 43.9 Å². The van der Waals surface area contributed by atoms with Crippen molar-refractivity contribution in [1.29, 1.82) is 10.5 Å². The van der Waals surface area contributed by atoms with Crippen molar-refractivity contribution in [2.24, 2.45) is 0 Å². The van der Waals surface area contributed by atoms with E-state index >= 15 is 0 Å². The van der Waals surface area contributed by atoms with Gasteiger partial charge in [-0.05, 0) is 59.7 Å². The Morgan fingerprint density at radius 1 is 0.500 bits per heavy atom. The van der Waals surface area contributed by atoms with Crippen LogP contribution in [-0.4, -0.2) is 26.7 Å². The van der Waals surface area contributed by atoms with Crippen molar-refractivity contribution < 1.29 is 79.0 Å². The van der Waals surface area contributed by atoms with Crippen LogP contribution in [0.2, 0.25) is 0 Å². The molecule has 26 heteroatoms. The smallest absolute Gasteiger partial charge is 0.345 e. The molecule has 5 rings (SSSR count). The molecular formula is C36H12F10N4O10S2. The van der Waals surface area contributed by atoms with E-state index in [-0.39, 0.29) is 23.3 Å². The van der Waals surface area contributed by atoms with Crippen molar-refractivity contribution in [2.45, 2.75) is 9.79 Å². The number of allylic oxidation sites excluding steroid dienone is 2. The molecule has 0 aliphatic rings. The summed E-state index contributed by atoms with van der Waals surface area (Å²) in [5, 5.41) is 42.3. The summed E-state index contributed by atoms with van der Waals surface area (Å²) in [5.41, 5.74) is -5.15. The van der Waals surface area contributed by atoms with Gasteiger partial charge in [-0.2, -0.15) is 27.4 Å². The third kappa shape index (κ3) is 8.58. The first-order valence-corrected chi connectivity index (χ1v) is 18.6. The Morgan fingerprint density at radius 3 is 1.00 bits per heavy atom. The molecule has 0 heterocycles. The summed E-state index contributed by atoms with van der Waals surface area (Å²) in [6.07, 6.45) is 1.02. The molecule has 0 unspecified atom stereocenters. The minimum absolute atomic E-state index is 0.256. The third-order valence-corrected chi connectivity index (χ3v) is 10.5. The van der Waals surface area contributed by atoms with Crippen molar-refractivity contribution in [3.8, 4) is 23.6 Å². The molecule has 0 aromatic heterocycles. The zero-order valence-electron chi connectivity index (χ0n) is 29.4. The molecule has 0 saturated heterocycles. The number of benzene rings is 5. The predicted molar refractivity (Wildman–Crippen MR) is 188 cm³/mol. The van der Waals surface area contributed by atoms with Gasteiger partial charge in [0.2, 0.25) is 11.6 Å². The van der Waals surface area contributed by atoms with Crippen molar-refractivity contribution in [2.75, 3.05) is 0 Å². The van der Waals surface area contributed by atoms with E-state index in [0.717, 1.165) is 48.5 Å². The van der Waals surface area contributed by atoms with Gasteiger partial charge in [-0.3, -0.25) is 20.2 Å². The summed E-state index contributed by atoms with van der Waals surface area (Å²) in [6, 6.07) is 10.6. The van der Waals surface area contributed by atoms with Gasteiger partial charge in [0.15, 0.2) is 67.8 Å². The van der Waals surface area contributed by atoms with Gasteiger partial charge >= 0.3 is 20.2 Å². The highest BCUT2D eigenvalue weighted by Crippen LogP contribution is 2.39. The molecule has 0 aliphatic carbocycles. The SMILES string of the molecule is N#C/C(=C\c1cc(OS(=O)(=O)c2c(F)c(F)c(F)c(F)c2F)c(/C=C(\C#N)c2ccc([N+](=O)[O-])cc2)cc1OS(=O)(=O)c1c(F)c(F)c(F)c(F)c1F)c1ccc([N+](=O)[O-])cc1. The molecular weight excluding hydrogens is 903 g/mol. The van der Waals surface area contributed by atoms with E-state index in [4.69, 9.17) is 8.37 Å². The van der Waals surface area contributed by atoms with E-state index in [0.29, 0.717) is 12.2 Å². The Hall–Kier alpha value is -7.84. The maximum absolute atomic E-state index is 14.8. The fraction of sp³-hybridized carbons (Fsp3) is 0. The molecule has 0 saturated carbocycles. The molecule has 14 nitrogen and oxygen atoms in total. The quantitative estimate of drug-likeness (QED) is 0.0168. The Bertz CT molecular complexity index is 2870. The van der Waals surface area contributed by atoms with E-state index in [2.05, 4.69) is 0 Å². The topological polar surface area (TPSA) is 221 Å². The first kappa shape index (κ1) is 45.2. The number of rotatable bonds is 12. The van der Waals surface area contributed by atoms with Crippen molar-refractivity contribution in [3.05, 3.63) is 161 Å². The fourth-order valence-corrected chi connectivity index (χ4v) is 7.25. The lowest BCUT2D eigenvalue weighted by molar-refractivity contribution is -0.385. The summed E-state index contributed by atoms with van der Waals surface area (Å²) in [4.78, 5) is 15.4. The monoisotopic (exact) mass is 914 g/mol. The Labute approximate surface area is 338 Å². The number of nitrogens with zero attached hydrogens (tertiary/aromatic N) is 4. The Morgan fingerprint density at radius 2 is 0.758 bits per heavy atom. The normalized spacial score (nSPS) is 12.1. The maximum Gasteiger partial charge on any atom is 0.345 e. The first-order chi connectivity index (χ1) is 28.9. The molecule has 0 N–H and O–H groups in total. The van der Waals surface area contributed by atoms with Crippen LogP contribution in [0.4, 0.5) is 55.3 Å². The summed E-state index contributed by atoms with van der Waals surface area (Å²) in [6.45, 7) is 0. The molecule has 0 fully saturated rings. The van der Waals surface area contributed by atoms with Crippen LogP contribution in [0.1, 0.15) is 22.3 Å². The van der Waals surface area contributed by atoms with Crippen LogP contribution in [-0.2, 0) is 20.2 Å². The van der Waals surface area contributed by atoms with Crippen LogP contribution >= 0.6 is 0 Å². The molecule has 0 amide bonds. The lowest BCUT2D eigenvalue weighted by Gasteiger charge is -2.17. The van der Waals surface area contributed by atoms with Gasteiger partial charge in [-0.15, -0.1) is 0 Å². The summed E-state index contributed by atoms with van der Waals surface area (Å²) in [5.74, 6) is -31.5. The van der Waals surface area contributed by atoms with Gasteiger partial charge in [0.05, 0.1) is 33.1 Å². The average molecular weight is 915 g/mol. The molecule has 0 aliphatic heterocycles. The van der Waals surface area contributed by atoms with E-state index in [1.54, 1.807) is 0 Å². The second kappa shape index (κ2) is 17.0. The van der Waals surface area contributed by atoms with E-state index in [1.165, 1.54) is 12.1 Å². The van der Waals surface area contributed by atoms with Crippen LogP contribution in [0.5, 0.6) is 11.5 Å². The standard InChI is InChI=1S/C36H12F10N4O10S2/c37-25-27(39)31(43)35(32(44)28(25)40)61(55,56)59-23-12-18(10-20(14-48)16-3-7-22(8-4-16)50(53)54)24(60-62(57,58)36-33(45)29(41)26(38)30(42)34(36)46)11-17(23)9-19(13-47)15-1-5-21(6-2-15)49(51)52/h1-12H/b19-9+,20-10+. The van der Waals surface area contributed by atoms with Gasteiger partial charge in [-0.1, -0.05) is 0 Å². The van der Waals surface area contributed by atoms with Crippen LogP contribution in [0.25, 0.3) is 23.3 Å². The van der Waals surface area contributed by atoms with Crippen molar-refractivity contribution in [3.63, 3.8) is 0 Å². The number of nitro groups is 2. The van der Waals surface area contributed by atoms with Crippen LogP contribution in [0.15, 0.2) is 70.5 Å². The molecule has 0 radical (unpaired) electrons. The van der Waals surface area contributed by atoms with Crippen LogP contribution in [0.3, 0.4) is 0 Å². The van der Waals surface area contributed by atoms with E-state index in [9.17, 15) is 91.5 Å². The van der Waals surface area contributed by atoms with E-state index < -0.39 is 143 Å². The third-order valence-electron chi connectivity index (χ3n) is 8.00. The Kier molecular flexibility index (Phi) is 12.4. The minimum Gasteiger partial charge on any atom is -0.378 e. The maximum atomic E-state index is 14.8. The fourth-order valence-electron chi connectivity index (χ4n) is 5.09. The molecule has 62 heavy (non-hydrogen) atoms. The van der Waals surface area contributed by atoms with Gasteiger partial charge in [0, 0.05) is 35.4 Å². The second-order valence-electron chi connectivity index (χ2n) is 11.7. The highest BCUT2D eigenvalue weighted by molar-refractivity contribution is 7.87. The lowest BCUT2D eigenvalue weighted by atomic mass is 9.99. The van der Waals surface area contributed by atoms with Crippen LogP contribution in [0, 0.1) is 101 Å². The zero-order valence-corrected chi connectivity index (χ0v) is 31.0. The molecule has 0 bridgehead atoms. The van der Waals surface area contributed by atoms with Crippen molar-refractivity contribution >= 4 is 54.9 Å². The van der Waals surface area contributed by atoms with Gasteiger partial charge < -0.3 is 8.37 Å². The highest BCUT2D eigenvalue weighted by Gasteiger charge is 2.38. The number of hydrogen-bond donors (Lipinski definition) is 0. The largest absolute Gasteiger partial charge is 0.378 e. The van der Waals surface area contributed by atoms with Crippen LogP contribution < -0.4 is 8.37 Å². The molecule has 0 atom stereocenters. The first-order valence-electron chi connectivity index (χ1n) is 15.8. The predicted octanol–water partition coefficient (Wildman–Crippen LogP) is 8.56. The molecule has 5 aromatic carbocycles. The van der Waals surface area contributed by atoms with Crippen molar-refractivity contribution in [1.82, 2.24) is 0 Å². The molecule has 318 valence electrons. The summed E-state index contributed by atoms with van der Waals surface area (Å²) >= 11 is 0. The average Bonchev–Trinajstić information content (AvgIpc) is 3.22. The number of hydrogen-bond acceptors (Lipinski definition) is 12. The second-order valence-corrected chi connectivity index (χ2v) is 14.7. The zero-order chi connectivity index (χ0) is 46.2. The molecule has 5 aromatic rings. The summed E-state index contributed by atoms with van der Waals surface area (Å²) in [7, 11) is -12.6. The number of non-ortho nitro benzene ring substituents is 2. The lowest BCUT2D eigenvalue weighted by Crippen LogP contribution is -2.19. The highest BCUT2D eigenvalue weighted by atomic mass is 32.2. The minimum atomic E-state index is -6.32. The number of nitro benzene ring substituents is 2. The van der Waals surface area contributed by atoms with E-state index in [1.807, 2.05) is 0 Å².